The van der Waals surface area contributed by atoms with Gasteiger partial charge in [-0.25, -0.2) is 8.42 Å². The molecule has 0 saturated carbocycles. The molecule has 0 aromatic heterocycles. The molecule has 0 aliphatic rings. The Morgan fingerprint density at radius 3 is 2.24 bits per heavy atom. The lowest BCUT2D eigenvalue weighted by molar-refractivity contribution is -0.141. The van der Waals surface area contributed by atoms with Gasteiger partial charge in [0.15, 0.2) is 0 Å². The number of anilines is 1. The monoisotopic (exact) mass is 651 g/mol. The van der Waals surface area contributed by atoms with Gasteiger partial charge in [-0.15, -0.1) is 0 Å². The molecule has 0 aliphatic carbocycles. The fourth-order valence-corrected chi connectivity index (χ4v) is 6.27. The van der Waals surface area contributed by atoms with Crippen molar-refractivity contribution in [2.45, 2.75) is 58.7 Å². The van der Waals surface area contributed by atoms with Crippen LogP contribution in [0.5, 0.6) is 0 Å². The van der Waals surface area contributed by atoms with Crippen molar-refractivity contribution in [1.82, 2.24) is 10.2 Å². The van der Waals surface area contributed by atoms with E-state index in [4.69, 9.17) is 34.8 Å². The Hall–Kier alpha value is -2.78. The van der Waals surface area contributed by atoms with Crippen molar-refractivity contribution in [3.63, 3.8) is 0 Å². The number of nitrogens with zero attached hydrogens (tertiary/aromatic N) is 2. The standard InChI is InChI=1S/C31H36Cl3N3O4S/c1-21(2)35-31(39)29(18-23-10-6-5-7-11-23)36(20-24-15-16-25(32)19-27(24)34)30(38)14-9-17-37(42(4,40)41)28-13-8-12-26(33)22(28)3/h5-8,10-13,15-16,19,21,29H,9,14,17-18,20H2,1-4H3,(H,35,39)/t29-/m0/s1. The van der Waals surface area contributed by atoms with E-state index in [0.29, 0.717) is 31.9 Å². The average Bonchev–Trinajstić information content (AvgIpc) is 2.91. The first kappa shape index (κ1) is 33.7. The number of rotatable bonds is 13. The molecule has 0 unspecified atom stereocenters. The minimum Gasteiger partial charge on any atom is -0.352 e. The number of hydrogen-bond donors (Lipinski definition) is 1. The van der Waals surface area contributed by atoms with Gasteiger partial charge >= 0.3 is 0 Å². The Morgan fingerprint density at radius 1 is 0.929 bits per heavy atom. The van der Waals surface area contributed by atoms with Crippen LogP contribution >= 0.6 is 34.8 Å². The highest BCUT2D eigenvalue weighted by Crippen LogP contribution is 2.29. The van der Waals surface area contributed by atoms with Gasteiger partial charge in [-0.3, -0.25) is 13.9 Å². The van der Waals surface area contributed by atoms with Gasteiger partial charge in [0.1, 0.15) is 6.04 Å². The first-order valence-electron chi connectivity index (χ1n) is 13.6. The number of carbonyl (C=O) groups excluding carboxylic acids is 2. The molecule has 0 heterocycles. The summed E-state index contributed by atoms with van der Waals surface area (Å²) >= 11 is 18.9. The van der Waals surface area contributed by atoms with Crippen molar-refractivity contribution in [2.24, 2.45) is 0 Å². The first-order valence-corrected chi connectivity index (χ1v) is 16.6. The second kappa shape index (κ2) is 15.1. The van der Waals surface area contributed by atoms with Crippen molar-refractivity contribution in [1.29, 1.82) is 0 Å². The molecule has 3 aromatic carbocycles. The number of nitrogens with one attached hydrogen (secondary N) is 1. The van der Waals surface area contributed by atoms with Crippen LogP contribution in [0.2, 0.25) is 15.1 Å². The molecule has 226 valence electrons. The topological polar surface area (TPSA) is 86.8 Å². The minimum atomic E-state index is -3.66. The zero-order chi connectivity index (χ0) is 31.0. The number of amides is 2. The van der Waals surface area contributed by atoms with Crippen LogP contribution in [-0.4, -0.2) is 50.0 Å². The van der Waals surface area contributed by atoms with E-state index in [1.54, 1.807) is 43.3 Å². The van der Waals surface area contributed by atoms with Gasteiger partial charge in [0.2, 0.25) is 21.8 Å². The van der Waals surface area contributed by atoms with E-state index in [1.807, 2.05) is 44.2 Å². The predicted octanol–water partition coefficient (Wildman–Crippen LogP) is 6.67. The lowest BCUT2D eigenvalue weighted by atomic mass is 10.0. The minimum absolute atomic E-state index is 0.00289. The van der Waals surface area contributed by atoms with Crippen LogP contribution in [0.25, 0.3) is 0 Å². The first-order chi connectivity index (χ1) is 19.8. The van der Waals surface area contributed by atoms with E-state index in [-0.39, 0.29) is 50.2 Å². The van der Waals surface area contributed by atoms with Crippen molar-refractivity contribution in [3.05, 3.63) is 98.5 Å². The highest BCUT2D eigenvalue weighted by atomic mass is 35.5. The smallest absolute Gasteiger partial charge is 0.243 e. The molecular weight excluding hydrogens is 617 g/mol. The lowest BCUT2D eigenvalue weighted by Gasteiger charge is -2.33. The summed E-state index contributed by atoms with van der Waals surface area (Å²) in [7, 11) is -3.66. The van der Waals surface area contributed by atoms with Gasteiger partial charge in [0.05, 0.1) is 11.9 Å². The normalized spacial score (nSPS) is 12.2. The van der Waals surface area contributed by atoms with Crippen LogP contribution in [0.3, 0.4) is 0 Å². The summed E-state index contributed by atoms with van der Waals surface area (Å²) in [5.74, 6) is -0.600. The number of sulfonamides is 1. The predicted molar refractivity (Wildman–Crippen MR) is 172 cm³/mol. The Morgan fingerprint density at radius 2 is 1.62 bits per heavy atom. The number of carbonyl (C=O) groups is 2. The third kappa shape index (κ3) is 9.36. The molecule has 1 atom stereocenters. The van der Waals surface area contributed by atoms with Crippen molar-refractivity contribution in [3.8, 4) is 0 Å². The zero-order valence-electron chi connectivity index (χ0n) is 24.1. The Kier molecular flexibility index (Phi) is 12.1. The Bertz CT molecular complexity index is 1500. The molecule has 0 fully saturated rings. The maximum Gasteiger partial charge on any atom is 0.243 e. The summed E-state index contributed by atoms with van der Waals surface area (Å²) in [6.07, 6.45) is 1.62. The average molecular weight is 653 g/mol. The lowest BCUT2D eigenvalue weighted by Crippen LogP contribution is -2.51. The second-order valence-electron chi connectivity index (χ2n) is 10.4. The zero-order valence-corrected chi connectivity index (χ0v) is 27.2. The highest BCUT2D eigenvalue weighted by molar-refractivity contribution is 7.92. The van der Waals surface area contributed by atoms with Gasteiger partial charge in [-0.2, -0.15) is 0 Å². The van der Waals surface area contributed by atoms with Crippen LogP contribution in [0.1, 0.15) is 43.4 Å². The van der Waals surface area contributed by atoms with Crippen LogP contribution in [0, 0.1) is 6.92 Å². The Labute approximate surface area is 263 Å². The van der Waals surface area contributed by atoms with E-state index in [1.165, 1.54) is 9.21 Å². The molecule has 0 saturated heterocycles. The summed E-state index contributed by atoms with van der Waals surface area (Å²) in [6.45, 7) is 5.60. The number of halogens is 3. The molecule has 42 heavy (non-hydrogen) atoms. The van der Waals surface area contributed by atoms with Gasteiger partial charge in [0, 0.05) is 47.0 Å². The van der Waals surface area contributed by atoms with Gasteiger partial charge in [-0.05, 0) is 68.1 Å². The summed E-state index contributed by atoms with van der Waals surface area (Å²) in [6, 6.07) is 18.6. The van der Waals surface area contributed by atoms with Crippen LogP contribution < -0.4 is 9.62 Å². The Balaban J connectivity index is 1.93. The fraction of sp³-hybridized carbons (Fsp3) is 0.355. The number of benzene rings is 3. The van der Waals surface area contributed by atoms with E-state index < -0.39 is 16.1 Å². The van der Waals surface area contributed by atoms with E-state index in [2.05, 4.69) is 5.32 Å². The van der Waals surface area contributed by atoms with Crippen molar-refractivity contribution in [2.75, 3.05) is 17.1 Å². The molecule has 11 heteroatoms. The molecule has 0 aliphatic heterocycles. The largest absolute Gasteiger partial charge is 0.352 e. The van der Waals surface area contributed by atoms with Crippen LogP contribution in [0.4, 0.5) is 5.69 Å². The highest BCUT2D eigenvalue weighted by Gasteiger charge is 2.31. The number of hydrogen-bond acceptors (Lipinski definition) is 4. The van der Waals surface area contributed by atoms with E-state index >= 15 is 0 Å². The molecule has 7 nitrogen and oxygen atoms in total. The molecule has 2 amide bonds. The quantitative estimate of drug-likeness (QED) is 0.224. The molecule has 1 N–H and O–H groups in total. The second-order valence-corrected chi connectivity index (χ2v) is 13.6. The van der Waals surface area contributed by atoms with E-state index in [9.17, 15) is 18.0 Å². The van der Waals surface area contributed by atoms with Crippen LogP contribution in [0.15, 0.2) is 66.7 Å². The maximum absolute atomic E-state index is 13.9. The molecule has 0 bridgehead atoms. The maximum atomic E-state index is 13.9. The summed E-state index contributed by atoms with van der Waals surface area (Å²) in [4.78, 5) is 29.0. The summed E-state index contributed by atoms with van der Waals surface area (Å²) < 4.78 is 26.7. The summed E-state index contributed by atoms with van der Waals surface area (Å²) in [5, 5.41) is 4.23. The van der Waals surface area contributed by atoms with Crippen molar-refractivity contribution >= 4 is 62.3 Å². The van der Waals surface area contributed by atoms with Crippen molar-refractivity contribution < 1.29 is 18.0 Å². The van der Waals surface area contributed by atoms with Gasteiger partial charge in [0.25, 0.3) is 0 Å². The van der Waals surface area contributed by atoms with Gasteiger partial charge < -0.3 is 10.2 Å². The molecular formula is C31H36Cl3N3O4S. The third-order valence-corrected chi connectivity index (χ3v) is 8.89. The SMILES string of the molecule is Cc1c(Cl)cccc1N(CCCC(=O)N(Cc1ccc(Cl)cc1Cl)[C@@H](Cc1ccccc1)C(=O)NC(C)C)S(C)(=O)=O. The molecule has 3 rings (SSSR count). The van der Waals surface area contributed by atoms with E-state index in [0.717, 1.165) is 11.8 Å². The summed E-state index contributed by atoms with van der Waals surface area (Å²) in [5.41, 5.74) is 2.61. The molecule has 3 aromatic rings. The molecule has 0 radical (unpaired) electrons. The van der Waals surface area contributed by atoms with Gasteiger partial charge in [-0.1, -0.05) is 77.3 Å². The van der Waals surface area contributed by atoms with Crippen LogP contribution in [-0.2, 0) is 32.6 Å². The molecule has 0 spiro atoms. The fourth-order valence-electron chi connectivity index (χ4n) is 4.62. The third-order valence-electron chi connectivity index (χ3n) is 6.72.